The minimum Gasteiger partial charge on any atom is -0.338 e. The Morgan fingerprint density at radius 2 is 1.74 bits per heavy atom. The van der Waals surface area contributed by atoms with Gasteiger partial charge in [0.05, 0.1) is 4.90 Å². The first kappa shape index (κ1) is 19.1. The van der Waals surface area contributed by atoms with Gasteiger partial charge >= 0.3 is 0 Å². The van der Waals surface area contributed by atoms with Gasteiger partial charge in [0.25, 0.3) is 5.91 Å². The van der Waals surface area contributed by atoms with E-state index in [-0.39, 0.29) is 16.7 Å². The molecule has 1 fully saturated rings. The maximum Gasteiger partial charge on any atom is 0.255 e. The van der Waals surface area contributed by atoms with Crippen molar-refractivity contribution < 1.29 is 18.0 Å². The maximum atomic E-state index is 12.4. The lowest BCUT2D eigenvalue weighted by Gasteiger charge is -2.15. The van der Waals surface area contributed by atoms with Gasteiger partial charge in [-0.15, -0.1) is 0 Å². The lowest BCUT2D eigenvalue weighted by Crippen LogP contribution is -2.23. The van der Waals surface area contributed by atoms with Crippen LogP contribution in [0.4, 0.5) is 5.69 Å². The molecular formula is C19H21N3O4S. The molecule has 3 rings (SSSR count). The molecule has 0 atom stereocenters. The maximum absolute atomic E-state index is 12.4. The zero-order valence-corrected chi connectivity index (χ0v) is 15.8. The highest BCUT2D eigenvalue weighted by atomic mass is 32.2. The average molecular weight is 387 g/mol. The van der Waals surface area contributed by atoms with Crippen LogP contribution in [-0.2, 0) is 21.4 Å². The molecule has 2 aromatic carbocycles. The number of benzene rings is 2. The van der Waals surface area contributed by atoms with Crippen LogP contribution in [0.5, 0.6) is 0 Å². The molecule has 1 aliphatic rings. The van der Waals surface area contributed by atoms with E-state index in [2.05, 4.69) is 10.0 Å². The van der Waals surface area contributed by atoms with Crippen LogP contribution < -0.4 is 10.0 Å². The van der Waals surface area contributed by atoms with Gasteiger partial charge in [0.1, 0.15) is 0 Å². The summed E-state index contributed by atoms with van der Waals surface area (Å²) in [6.07, 6.45) is 1.50. The van der Waals surface area contributed by atoms with Gasteiger partial charge in [-0.2, -0.15) is 0 Å². The SMILES string of the molecule is CNS(=O)(=O)c1ccc(NC(=O)c2ccc(CN3CCCC3=O)cc2)cc1. The third-order valence-corrected chi connectivity index (χ3v) is 5.88. The number of carbonyl (C=O) groups excluding carboxylic acids is 2. The zero-order chi connectivity index (χ0) is 19.4. The molecule has 2 aromatic rings. The minimum atomic E-state index is -3.51. The standard InChI is InChI=1S/C19H21N3O4S/c1-20-27(25,26)17-10-8-16(9-11-17)21-19(24)15-6-4-14(5-7-15)13-22-12-2-3-18(22)23/h4-11,20H,2-3,12-13H2,1H3,(H,21,24). The Balaban J connectivity index is 1.63. The summed E-state index contributed by atoms with van der Waals surface area (Å²) in [6, 6.07) is 13.0. The van der Waals surface area contributed by atoms with E-state index in [1.165, 1.54) is 31.3 Å². The summed E-state index contributed by atoms with van der Waals surface area (Å²) in [4.78, 5) is 26.0. The predicted molar refractivity (Wildman–Crippen MR) is 102 cm³/mol. The van der Waals surface area contributed by atoms with Crippen LogP contribution in [0.25, 0.3) is 0 Å². The monoisotopic (exact) mass is 387 g/mol. The second-order valence-corrected chi connectivity index (χ2v) is 8.19. The smallest absolute Gasteiger partial charge is 0.255 e. The molecule has 0 aromatic heterocycles. The fraction of sp³-hybridized carbons (Fsp3) is 0.263. The number of nitrogens with one attached hydrogen (secondary N) is 2. The van der Waals surface area contributed by atoms with Crippen molar-refractivity contribution in [2.45, 2.75) is 24.3 Å². The van der Waals surface area contributed by atoms with Crippen molar-refractivity contribution in [2.75, 3.05) is 18.9 Å². The molecule has 7 nitrogen and oxygen atoms in total. The molecule has 0 aliphatic carbocycles. The van der Waals surface area contributed by atoms with Crippen LogP contribution in [0.1, 0.15) is 28.8 Å². The van der Waals surface area contributed by atoms with Crippen LogP contribution in [0.3, 0.4) is 0 Å². The molecule has 1 saturated heterocycles. The third kappa shape index (κ3) is 4.53. The minimum absolute atomic E-state index is 0.129. The molecule has 0 spiro atoms. The quantitative estimate of drug-likeness (QED) is 0.792. The number of hydrogen-bond donors (Lipinski definition) is 2. The number of rotatable bonds is 6. The summed E-state index contributed by atoms with van der Waals surface area (Å²) in [5, 5.41) is 2.74. The molecular weight excluding hydrogens is 366 g/mol. The summed E-state index contributed by atoms with van der Waals surface area (Å²) >= 11 is 0. The molecule has 27 heavy (non-hydrogen) atoms. The number of hydrogen-bond acceptors (Lipinski definition) is 4. The van der Waals surface area contributed by atoms with E-state index in [0.29, 0.717) is 24.2 Å². The summed E-state index contributed by atoms with van der Waals surface area (Å²) < 4.78 is 25.7. The fourth-order valence-corrected chi connectivity index (χ4v) is 3.62. The molecule has 1 aliphatic heterocycles. The third-order valence-electron chi connectivity index (χ3n) is 4.45. The summed E-state index contributed by atoms with van der Waals surface area (Å²) in [5.74, 6) is -0.122. The van der Waals surface area contributed by atoms with Gasteiger partial charge in [0.2, 0.25) is 15.9 Å². The van der Waals surface area contributed by atoms with Gasteiger partial charge in [-0.3, -0.25) is 9.59 Å². The lowest BCUT2D eigenvalue weighted by atomic mass is 10.1. The van der Waals surface area contributed by atoms with Crippen LogP contribution in [-0.4, -0.2) is 38.7 Å². The van der Waals surface area contributed by atoms with Gasteiger partial charge in [-0.05, 0) is 55.4 Å². The van der Waals surface area contributed by atoms with Crippen molar-refractivity contribution in [3.63, 3.8) is 0 Å². The van der Waals surface area contributed by atoms with Crippen molar-refractivity contribution in [3.05, 3.63) is 59.7 Å². The second-order valence-electron chi connectivity index (χ2n) is 6.30. The number of nitrogens with zero attached hydrogens (tertiary/aromatic N) is 1. The first-order valence-corrected chi connectivity index (χ1v) is 10.1. The average Bonchev–Trinajstić information content (AvgIpc) is 3.07. The van der Waals surface area contributed by atoms with Crippen molar-refractivity contribution in [2.24, 2.45) is 0 Å². The molecule has 0 bridgehead atoms. The normalized spacial score (nSPS) is 14.4. The highest BCUT2D eigenvalue weighted by Gasteiger charge is 2.20. The predicted octanol–water partition coefficient (Wildman–Crippen LogP) is 1.97. The summed E-state index contributed by atoms with van der Waals surface area (Å²) in [6.45, 7) is 1.34. The summed E-state index contributed by atoms with van der Waals surface area (Å²) in [7, 11) is -2.16. The van der Waals surface area contributed by atoms with E-state index >= 15 is 0 Å². The Morgan fingerprint density at radius 3 is 2.30 bits per heavy atom. The van der Waals surface area contributed by atoms with Crippen molar-refractivity contribution in [1.29, 1.82) is 0 Å². The Bertz CT molecular complexity index is 938. The second kappa shape index (κ2) is 7.89. The van der Waals surface area contributed by atoms with E-state index in [1.54, 1.807) is 12.1 Å². The molecule has 1 heterocycles. The Labute approximate surface area is 158 Å². The molecule has 2 amide bonds. The molecule has 2 N–H and O–H groups in total. The number of amides is 2. The summed E-state index contributed by atoms with van der Waals surface area (Å²) in [5.41, 5.74) is 1.96. The van der Waals surface area contributed by atoms with Crippen molar-refractivity contribution >= 4 is 27.5 Å². The van der Waals surface area contributed by atoms with Gasteiger partial charge in [0.15, 0.2) is 0 Å². The van der Waals surface area contributed by atoms with Gasteiger partial charge in [-0.25, -0.2) is 13.1 Å². The van der Waals surface area contributed by atoms with E-state index < -0.39 is 10.0 Å². The van der Waals surface area contributed by atoms with Crippen LogP contribution in [0, 0.1) is 0 Å². The number of carbonyl (C=O) groups is 2. The Kier molecular flexibility index (Phi) is 5.57. The zero-order valence-electron chi connectivity index (χ0n) is 14.9. The van der Waals surface area contributed by atoms with Crippen LogP contribution in [0.15, 0.2) is 53.4 Å². The van der Waals surface area contributed by atoms with Crippen molar-refractivity contribution in [1.82, 2.24) is 9.62 Å². The van der Waals surface area contributed by atoms with Crippen molar-refractivity contribution in [3.8, 4) is 0 Å². The molecule has 8 heteroatoms. The first-order valence-electron chi connectivity index (χ1n) is 8.61. The lowest BCUT2D eigenvalue weighted by molar-refractivity contribution is -0.128. The highest BCUT2D eigenvalue weighted by Crippen LogP contribution is 2.17. The van der Waals surface area contributed by atoms with Crippen LogP contribution in [0.2, 0.25) is 0 Å². The van der Waals surface area contributed by atoms with E-state index in [9.17, 15) is 18.0 Å². The number of sulfonamides is 1. The molecule has 142 valence electrons. The van der Waals surface area contributed by atoms with E-state index in [4.69, 9.17) is 0 Å². The van der Waals surface area contributed by atoms with Crippen LogP contribution >= 0.6 is 0 Å². The molecule has 0 radical (unpaired) electrons. The largest absolute Gasteiger partial charge is 0.338 e. The van der Waals surface area contributed by atoms with Gasteiger partial charge in [0, 0.05) is 30.8 Å². The topological polar surface area (TPSA) is 95.6 Å². The Hall–Kier alpha value is -2.71. The first-order chi connectivity index (χ1) is 12.9. The van der Waals surface area contributed by atoms with E-state index in [1.807, 2.05) is 17.0 Å². The molecule has 0 unspecified atom stereocenters. The molecule has 0 saturated carbocycles. The van der Waals surface area contributed by atoms with Gasteiger partial charge in [-0.1, -0.05) is 12.1 Å². The number of likely N-dealkylation sites (tertiary alicyclic amines) is 1. The van der Waals surface area contributed by atoms with E-state index in [0.717, 1.165) is 18.5 Å². The fourth-order valence-electron chi connectivity index (χ4n) is 2.89. The number of anilines is 1. The van der Waals surface area contributed by atoms with Gasteiger partial charge < -0.3 is 10.2 Å². The Morgan fingerprint density at radius 1 is 1.07 bits per heavy atom. The highest BCUT2D eigenvalue weighted by molar-refractivity contribution is 7.89.